The molecule has 0 fully saturated rings. The molecule has 7 rings (SSSR count). The van der Waals surface area contributed by atoms with Crippen LogP contribution in [0.5, 0.6) is 0 Å². The average Bonchev–Trinajstić information content (AvgIpc) is 3.16. The number of nitrogens with two attached hydrogens (primary N) is 1. The van der Waals surface area contributed by atoms with Gasteiger partial charge in [0.2, 0.25) is 0 Å². The number of amidine groups is 1. The number of benzene rings is 3. The van der Waals surface area contributed by atoms with Gasteiger partial charge in [-0.3, -0.25) is 19.9 Å². The minimum atomic E-state index is -0.579. The zero-order valence-corrected chi connectivity index (χ0v) is 27.0. The highest BCUT2D eigenvalue weighted by Crippen LogP contribution is 2.39. The first kappa shape index (κ1) is 31.6. The van der Waals surface area contributed by atoms with Crippen molar-refractivity contribution in [1.29, 1.82) is 0 Å². The average molecular weight is 626 g/mol. The Kier molecular flexibility index (Phi) is 9.49. The Bertz CT molecular complexity index is 2310. The number of fused-ring (bicyclic) bond motifs is 4. The van der Waals surface area contributed by atoms with Crippen LogP contribution in [0.25, 0.3) is 56.0 Å². The van der Waals surface area contributed by atoms with E-state index in [2.05, 4.69) is 59.5 Å². The molecular weight excluding hydrogens is 591 g/mol. The third-order valence-corrected chi connectivity index (χ3v) is 8.02. The van der Waals surface area contributed by atoms with Crippen LogP contribution in [0.1, 0.15) is 47.8 Å². The Balaban J connectivity index is 0.00000197. The standard InChI is InChI=1S/C39H29N7.C2H6/c1-3-25-11-13-32-35(29(25)4-2)31-8-5-6-10-34(31)45-37(32)33-14-12-28(30-9-7-19-43-36(30)33)24-44-39(27-17-22-42-23-18-27)46-38(40)26-15-20-41-21-16-26;1-2/h3-24,39H,1-2H2,(H2,40,46);1-2H3/b44-24+;. The molecule has 1 atom stereocenters. The monoisotopic (exact) mass is 625 g/mol. The molecule has 0 spiro atoms. The largest absolute Gasteiger partial charge is 0.383 e. The molecule has 2 N–H and O–H groups in total. The van der Waals surface area contributed by atoms with Crippen LogP contribution in [0.2, 0.25) is 0 Å². The van der Waals surface area contributed by atoms with Crippen molar-refractivity contribution in [3.8, 4) is 11.3 Å². The Morgan fingerprint density at radius 1 is 0.729 bits per heavy atom. The fourth-order valence-electron chi connectivity index (χ4n) is 5.80. The molecule has 7 aromatic rings. The summed E-state index contributed by atoms with van der Waals surface area (Å²) >= 11 is 0. The molecule has 7 nitrogen and oxygen atoms in total. The zero-order valence-electron chi connectivity index (χ0n) is 27.0. The van der Waals surface area contributed by atoms with Crippen molar-refractivity contribution in [2.75, 3.05) is 0 Å². The topological polar surface area (TPSA) is 102 Å². The summed E-state index contributed by atoms with van der Waals surface area (Å²) in [6.45, 7) is 12.2. The summed E-state index contributed by atoms with van der Waals surface area (Å²) in [5.74, 6) is 0.371. The molecule has 0 aliphatic carbocycles. The Morgan fingerprint density at radius 3 is 2.19 bits per heavy atom. The van der Waals surface area contributed by atoms with Crippen LogP contribution in [-0.4, -0.2) is 32.0 Å². The molecule has 1 unspecified atom stereocenters. The predicted octanol–water partition coefficient (Wildman–Crippen LogP) is 9.23. The number of aromatic nitrogens is 4. The van der Waals surface area contributed by atoms with Gasteiger partial charge in [-0.05, 0) is 53.6 Å². The van der Waals surface area contributed by atoms with Crippen molar-refractivity contribution in [2.45, 2.75) is 20.0 Å². The van der Waals surface area contributed by atoms with Crippen LogP contribution in [-0.2, 0) is 0 Å². The van der Waals surface area contributed by atoms with Crippen molar-refractivity contribution in [3.05, 3.63) is 157 Å². The van der Waals surface area contributed by atoms with Gasteiger partial charge in [-0.25, -0.2) is 9.98 Å². The maximum atomic E-state index is 6.40. The second kappa shape index (κ2) is 14.4. The van der Waals surface area contributed by atoms with Gasteiger partial charge in [0.05, 0.1) is 16.7 Å². The van der Waals surface area contributed by atoms with E-state index in [1.165, 1.54) is 0 Å². The van der Waals surface area contributed by atoms with E-state index in [-0.39, 0.29) is 0 Å². The highest BCUT2D eigenvalue weighted by Gasteiger charge is 2.18. The van der Waals surface area contributed by atoms with Gasteiger partial charge in [0.1, 0.15) is 5.84 Å². The third-order valence-electron chi connectivity index (χ3n) is 8.02. The minimum Gasteiger partial charge on any atom is -0.383 e. The molecule has 0 aliphatic rings. The number of aliphatic imine (C=N–C) groups is 2. The van der Waals surface area contributed by atoms with Crippen molar-refractivity contribution >= 4 is 56.8 Å². The predicted molar refractivity (Wildman–Crippen MR) is 201 cm³/mol. The lowest BCUT2D eigenvalue weighted by Gasteiger charge is -2.16. The van der Waals surface area contributed by atoms with Gasteiger partial charge >= 0.3 is 0 Å². The maximum absolute atomic E-state index is 6.40. The van der Waals surface area contributed by atoms with Crippen molar-refractivity contribution in [1.82, 2.24) is 19.9 Å². The molecule has 3 aromatic carbocycles. The summed E-state index contributed by atoms with van der Waals surface area (Å²) in [5.41, 5.74) is 14.5. The van der Waals surface area contributed by atoms with E-state index < -0.39 is 6.17 Å². The van der Waals surface area contributed by atoms with Gasteiger partial charge < -0.3 is 5.73 Å². The van der Waals surface area contributed by atoms with Crippen molar-refractivity contribution < 1.29 is 0 Å². The molecule has 4 aromatic heterocycles. The normalized spacial score (nSPS) is 12.2. The zero-order chi connectivity index (χ0) is 33.5. The summed E-state index contributed by atoms with van der Waals surface area (Å²) in [5, 5.41) is 4.12. The number of para-hydroxylation sites is 1. The van der Waals surface area contributed by atoms with Crippen LogP contribution in [0.15, 0.2) is 139 Å². The van der Waals surface area contributed by atoms with Gasteiger partial charge in [0, 0.05) is 81.0 Å². The van der Waals surface area contributed by atoms with E-state index in [9.17, 15) is 0 Å². The molecule has 0 saturated heterocycles. The van der Waals surface area contributed by atoms with Crippen LogP contribution in [0, 0.1) is 0 Å². The molecular formula is C41H35N7. The maximum Gasteiger partial charge on any atom is 0.167 e. The Labute approximate surface area is 280 Å². The molecule has 0 amide bonds. The number of hydrogen-bond acceptors (Lipinski definition) is 6. The fourth-order valence-corrected chi connectivity index (χ4v) is 5.80. The van der Waals surface area contributed by atoms with E-state index in [1.807, 2.05) is 80.7 Å². The molecule has 0 saturated carbocycles. The van der Waals surface area contributed by atoms with E-state index in [1.54, 1.807) is 31.0 Å². The second-order valence-corrected chi connectivity index (χ2v) is 10.7. The van der Waals surface area contributed by atoms with Crippen molar-refractivity contribution in [2.24, 2.45) is 15.7 Å². The molecule has 4 heterocycles. The molecule has 7 heteroatoms. The van der Waals surface area contributed by atoms with E-state index >= 15 is 0 Å². The van der Waals surface area contributed by atoms with Gasteiger partial charge in [0.25, 0.3) is 0 Å². The highest BCUT2D eigenvalue weighted by molar-refractivity contribution is 6.17. The lowest BCUT2D eigenvalue weighted by molar-refractivity contribution is 0.779. The first-order valence-electron chi connectivity index (χ1n) is 15.8. The van der Waals surface area contributed by atoms with Crippen LogP contribution >= 0.6 is 0 Å². The minimum absolute atomic E-state index is 0.371. The van der Waals surface area contributed by atoms with E-state index in [4.69, 9.17) is 25.7 Å². The lowest BCUT2D eigenvalue weighted by atomic mass is 9.92. The van der Waals surface area contributed by atoms with Gasteiger partial charge in [-0.2, -0.15) is 0 Å². The fraction of sp³-hybridized carbons (Fsp3) is 0.0732. The summed E-state index contributed by atoms with van der Waals surface area (Å²) < 4.78 is 0. The second-order valence-electron chi connectivity index (χ2n) is 10.7. The third kappa shape index (κ3) is 6.09. The van der Waals surface area contributed by atoms with Crippen LogP contribution in [0.4, 0.5) is 0 Å². The van der Waals surface area contributed by atoms with Gasteiger partial charge in [-0.15, -0.1) is 0 Å². The molecule has 0 aliphatic heterocycles. The number of pyridine rings is 4. The molecule has 234 valence electrons. The SMILES string of the molecule is C=Cc1ccc2c(-c3ccc(/C=N/C(/N=C(\N)c4ccncc4)c4ccncc4)c4cccnc34)nc3ccccc3c2c1C=C.CC. The first-order valence-corrected chi connectivity index (χ1v) is 15.8. The molecule has 0 radical (unpaired) electrons. The summed E-state index contributed by atoms with van der Waals surface area (Å²) in [4.78, 5) is 28.0. The van der Waals surface area contributed by atoms with Gasteiger partial charge in [-0.1, -0.05) is 81.6 Å². The smallest absolute Gasteiger partial charge is 0.167 e. The number of hydrogen-bond donors (Lipinski definition) is 1. The molecule has 48 heavy (non-hydrogen) atoms. The van der Waals surface area contributed by atoms with Gasteiger partial charge in [0.15, 0.2) is 6.17 Å². The van der Waals surface area contributed by atoms with Crippen LogP contribution in [0.3, 0.4) is 0 Å². The molecule has 0 bridgehead atoms. The summed E-state index contributed by atoms with van der Waals surface area (Å²) in [7, 11) is 0. The lowest BCUT2D eigenvalue weighted by Crippen LogP contribution is -2.15. The van der Waals surface area contributed by atoms with Crippen LogP contribution < -0.4 is 5.73 Å². The van der Waals surface area contributed by atoms with E-state index in [0.29, 0.717) is 5.84 Å². The van der Waals surface area contributed by atoms with Crippen molar-refractivity contribution in [3.63, 3.8) is 0 Å². The van der Waals surface area contributed by atoms with E-state index in [0.717, 1.165) is 71.7 Å². The Hall–Kier alpha value is -6.34. The highest BCUT2D eigenvalue weighted by atomic mass is 15.0. The quantitative estimate of drug-likeness (QED) is 0.103. The first-order chi connectivity index (χ1) is 23.7. The Morgan fingerprint density at radius 2 is 1.44 bits per heavy atom. The summed E-state index contributed by atoms with van der Waals surface area (Å²) in [6.07, 6.45) is 13.6. The number of rotatable bonds is 8. The summed E-state index contributed by atoms with van der Waals surface area (Å²) in [6, 6.07) is 27.9. The number of nitrogens with zero attached hydrogens (tertiary/aromatic N) is 6.